The number of thiocarbonyl (C=S) groups is 1. The summed E-state index contributed by atoms with van der Waals surface area (Å²) in [7, 11) is 0. The Balaban J connectivity index is 1.49. The molecule has 0 bridgehead atoms. The Morgan fingerprint density at radius 1 is 1.18 bits per heavy atom. The number of amides is 1. The van der Waals surface area contributed by atoms with E-state index in [1.807, 2.05) is 36.4 Å². The Labute approximate surface area is 200 Å². The van der Waals surface area contributed by atoms with Crippen molar-refractivity contribution in [1.82, 2.24) is 14.3 Å². The van der Waals surface area contributed by atoms with E-state index < -0.39 is 0 Å². The maximum Gasteiger partial charge on any atom is 0.267 e. The highest BCUT2D eigenvalue weighted by atomic mass is 32.2. The average molecular weight is 479 g/mol. The van der Waals surface area contributed by atoms with Gasteiger partial charge in [-0.25, -0.2) is 4.98 Å². The standard InChI is InChI=1S/C24H22N4O3S2/c29-22-18(13-19-23(30)28(24(32)33-19)15-16-7-2-1-3-8-16)21(25-14-17-9-6-12-31-17)26-20-10-4-5-11-27(20)22/h1-5,7-8,10-11,13,17,25H,6,9,12,14-15H2/b19-13+. The molecule has 2 aliphatic heterocycles. The van der Waals surface area contributed by atoms with E-state index in [0.29, 0.717) is 39.3 Å². The van der Waals surface area contributed by atoms with Crippen LogP contribution in [-0.4, -0.2) is 43.8 Å². The average Bonchev–Trinajstić information content (AvgIpc) is 3.44. The minimum Gasteiger partial charge on any atom is -0.376 e. The van der Waals surface area contributed by atoms with E-state index >= 15 is 0 Å². The normalized spacial score (nSPS) is 19.7. The van der Waals surface area contributed by atoms with Gasteiger partial charge < -0.3 is 10.1 Å². The molecule has 4 heterocycles. The van der Waals surface area contributed by atoms with Crippen molar-refractivity contribution in [3.8, 4) is 0 Å². The number of anilines is 1. The molecule has 5 rings (SSSR count). The molecule has 1 N–H and O–H groups in total. The Kier molecular flexibility index (Phi) is 6.26. The van der Waals surface area contributed by atoms with Crippen LogP contribution in [0.4, 0.5) is 5.82 Å². The number of carbonyl (C=O) groups is 1. The van der Waals surface area contributed by atoms with Crippen LogP contribution < -0.4 is 10.9 Å². The summed E-state index contributed by atoms with van der Waals surface area (Å²) in [5.74, 6) is 0.228. The number of nitrogens with zero attached hydrogens (tertiary/aromatic N) is 3. The monoisotopic (exact) mass is 478 g/mol. The smallest absolute Gasteiger partial charge is 0.267 e. The molecule has 1 unspecified atom stereocenters. The number of aromatic nitrogens is 2. The molecule has 7 nitrogen and oxygen atoms in total. The van der Waals surface area contributed by atoms with E-state index in [4.69, 9.17) is 17.0 Å². The minimum absolute atomic E-state index is 0.0814. The third kappa shape index (κ3) is 4.57. The van der Waals surface area contributed by atoms with Gasteiger partial charge >= 0.3 is 0 Å². The van der Waals surface area contributed by atoms with E-state index in [1.54, 1.807) is 29.3 Å². The number of nitrogens with one attached hydrogen (secondary N) is 1. The molecule has 0 aliphatic carbocycles. The summed E-state index contributed by atoms with van der Waals surface area (Å²) < 4.78 is 7.65. The van der Waals surface area contributed by atoms with Crippen molar-refractivity contribution in [3.05, 3.63) is 81.1 Å². The number of thioether (sulfide) groups is 1. The van der Waals surface area contributed by atoms with Gasteiger partial charge in [0.05, 0.1) is 23.1 Å². The van der Waals surface area contributed by atoms with Crippen molar-refractivity contribution in [3.63, 3.8) is 0 Å². The Bertz CT molecular complexity index is 1300. The molecular formula is C24H22N4O3S2. The highest BCUT2D eigenvalue weighted by molar-refractivity contribution is 8.26. The van der Waals surface area contributed by atoms with E-state index in [9.17, 15) is 9.59 Å². The molecule has 2 aromatic heterocycles. The van der Waals surface area contributed by atoms with Crippen LogP contribution in [0.15, 0.2) is 64.4 Å². The predicted molar refractivity (Wildman–Crippen MR) is 134 cm³/mol. The molecule has 0 spiro atoms. The first kappa shape index (κ1) is 21.8. The van der Waals surface area contributed by atoms with Crippen LogP contribution >= 0.6 is 24.0 Å². The molecule has 168 valence electrons. The summed E-state index contributed by atoms with van der Waals surface area (Å²) >= 11 is 6.68. The van der Waals surface area contributed by atoms with E-state index in [-0.39, 0.29) is 17.6 Å². The SMILES string of the molecule is O=C1/C(=C\c2c(NCC3CCCO3)nc3ccccn3c2=O)SC(=S)N1Cc1ccccc1. The number of ether oxygens (including phenoxy) is 1. The van der Waals surface area contributed by atoms with E-state index in [0.717, 1.165) is 25.0 Å². The number of benzene rings is 1. The van der Waals surface area contributed by atoms with Gasteiger partial charge in [-0.05, 0) is 36.6 Å². The van der Waals surface area contributed by atoms with Crippen LogP contribution in [0.3, 0.4) is 0 Å². The second kappa shape index (κ2) is 9.46. The number of pyridine rings is 1. The quantitative estimate of drug-likeness (QED) is 0.428. The molecule has 2 saturated heterocycles. The zero-order valence-corrected chi connectivity index (χ0v) is 19.4. The lowest BCUT2D eigenvalue weighted by atomic mass is 10.2. The van der Waals surface area contributed by atoms with Crippen LogP contribution in [0.1, 0.15) is 24.0 Å². The van der Waals surface area contributed by atoms with Crippen LogP contribution in [0.5, 0.6) is 0 Å². The second-order valence-electron chi connectivity index (χ2n) is 7.88. The summed E-state index contributed by atoms with van der Waals surface area (Å²) in [6.07, 6.45) is 5.35. The number of hydrogen-bond donors (Lipinski definition) is 1. The van der Waals surface area contributed by atoms with Crippen LogP contribution in [0.25, 0.3) is 11.7 Å². The van der Waals surface area contributed by atoms with Crippen molar-refractivity contribution < 1.29 is 9.53 Å². The maximum atomic E-state index is 13.3. The first-order valence-corrected chi connectivity index (χ1v) is 12.0. The van der Waals surface area contributed by atoms with Crippen molar-refractivity contribution in [2.45, 2.75) is 25.5 Å². The lowest BCUT2D eigenvalue weighted by Crippen LogP contribution is -2.27. The summed E-state index contributed by atoms with van der Waals surface area (Å²) in [5, 5.41) is 3.28. The van der Waals surface area contributed by atoms with Gasteiger partial charge in [-0.15, -0.1) is 0 Å². The van der Waals surface area contributed by atoms with Gasteiger partial charge in [0, 0.05) is 19.3 Å². The largest absolute Gasteiger partial charge is 0.376 e. The zero-order valence-electron chi connectivity index (χ0n) is 17.8. The molecule has 2 aliphatic rings. The molecule has 33 heavy (non-hydrogen) atoms. The Morgan fingerprint density at radius 2 is 2.00 bits per heavy atom. The highest BCUT2D eigenvalue weighted by Crippen LogP contribution is 2.34. The van der Waals surface area contributed by atoms with Crippen molar-refractivity contribution in [2.24, 2.45) is 0 Å². The molecular weight excluding hydrogens is 456 g/mol. The maximum absolute atomic E-state index is 13.3. The Morgan fingerprint density at radius 3 is 2.79 bits per heavy atom. The molecule has 1 aromatic carbocycles. The van der Waals surface area contributed by atoms with Crippen LogP contribution in [-0.2, 0) is 16.1 Å². The topological polar surface area (TPSA) is 75.9 Å². The van der Waals surface area contributed by atoms with Crippen molar-refractivity contribution in [1.29, 1.82) is 0 Å². The predicted octanol–water partition coefficient (Wildman–Crippen LogP) is 3.69. The summed E-state index contributed by atoms with van der Waals surface area (Å²) in [6, 6.07) is 15.1. The first-order chi connectivity index (χ1) is 16.1. The lowest BCUT2D eigenvalue weighted by molar-refractivity contribution is -0.122. The molecule has 1 atom stereocenters. The molecule has 2 fully saturated rings. The fourth-order valence-corrected chi connectivity index (χ4v) is 5.15. The van der Waals surface area contributed by atoms with Crippen molar-refractivity contribution >= 4 is 51.7 Å². The van der Waals surface area contributed by atoms with E-state index in [1.165, 1.54) is 16.2 Å². The second-order valence-corrected chi connectivity index (χ2v) is 9.55. The lowest BCUT2D eigenvalue weighted by Gasteiger charge is -2.15. The molecule has 3 aromatic rings. The first-order valence-electron chi connectivity index (χ1n) is 10.8. The highest BCUT2D eigenvalue weighted by Gasteiger charge is 2.32. The summed E-state index contributed by atoms with van der Waals surface area (Å²) in [6.45, 7) is 1.68. The molecule has 0 saturated carbocycles. The van der Waals surface area contributed by atoms with Gasteiger partial charge in [0.15, 0.2) is 0 Å². The fourth-order valence-electron chi connectivity index (χ4n) is 3.92. The van der Waals surface area contributed by atoms with Gasteiger partial charge in [-0.1, -0.05) is 60.4 Å². The Hall–Kier alpha value is -3.01. The van der Waals surface area contributed by atoms with E-state index in [2.05, 4.69) is 10.3 Å². The van der Waals surface area contributed by atoms with Gasteiger partial charge in [0.2, 0.25) is 0 Å². The number of rotatable bonds is 6. The molecule has 9 heteroatoms. The van der Waals surface area contributed by atoms with Gasteiger partial charge in [0.1, 0.15) is 15.8 Å². The van der Waals surface area contributed by atoms with Crippen LogP contribution in [0, 0.1) is 0 Å². The van der Waals surface area contributed by atoms with Gasteiger partial charge in [-0.2, -0.15) is 0 Å². The number of hydrogen-bond acceptors (Lipinski definition) is 7. The third-order valence-electron chi connectivity index (χ3n) is 5.62. The third-order valence-corrected chi connectivity index (χ3v) is 7.00. The van der Waals surface area contributed by atoms with Gasteiger partial charge in [0.25, 0.3) is 11.5 Å². The van der Waals surface area contributed by atoms with Crippen LogP contribution in [0.2, 0.25) is 0 Å². The number of carbonyl (C=O) groups excluding carboxylic acids is 1. The minimum atomic E-state index is -0.247. The van der Waals surface area contributed by atoms with Gasteiger partial charge in [-0.3, -0.25) is 18.9 Å². The zero-order chi connectivity index (χ0) is 22.8. The van der Waals surface area contributed by atoms with Crippen molar-refractivity contribution in [2.75, 3.05) is 18.5 Å². The molecule has 0 radical (unpaired) electrons. The molecule has 1 amide bonds. The fraction of sp³-hybridized carbons (Fsp3) is 0.250. The summed E-state index contributed by atoms with van der Waals surface area (Å²) in [4.78, 5) is 33.1. The number of fused-ring (bicyclic) bond motifs is 1. The summed E-state index contributed by atoms with van der Waals surface area (Å²) in [5.41, 5.74) is 1.60.